The van der Waals surface area contributed by atoms with E-state index in [1.165, 1.54) is 5.57 Å². The highest BCUT2D eigenvalue weighted by molar-refractivity contribution is 5.94. The highest BCUT2D eigenvalue weighted by Gasteiger charge is 2.20. The third-order valence-corrected chi connectivity index (χ3v) is 3.16. The van der Waals surface area contributed by atoms with Gasteiger partial charge in [0.15, 0.2) is 0 Å². The van der Waals surface area contributed by atoms with E-state index in [1.807, 2.05) is 11.8 Å². The fourth-order valence-corrected chi connectivity index (χ4v) is 1.82. The normalized spacial score (nSPS) is 14.3. The molecule has 5 nitrogen and oxygen atoms in total. The monoisotopic (exact) mass is 256 g/mol. The van der Waals surface area contributed by atoms with E-state index in [2.05, 4.69) is 5.32 Å². The van der Waals surface area contributed by atoms with Gasteiger partial charge in [0.2, 0.25) is 5.91 Å². The SMILES string of the molecule is COCCCN(CCOC)C(=O)C(C)=C1CNC1. The lowest BCUT2D eigenvalue weighted by atomic mass is 10.0. The third kappa shape index (κ3) is 4.40. The van der Waals surface area contributed by atoms with Gasteiger partial charge in [-0.15, -0.1) is 0 Å². The lowest BCUT2D eigenvalue weighted by Gasteiger charge is -2.27. The molecule has 1 saturated heterocycles. The maximum atomic E-state index is 12.3. The van der Waals surface area contributed by atoms with Crippen molar-refractivity contribution >= 4 is 5.91 Å². The Morgan fingerprint density at radius 3 is 2.39 bits per heavy atom. The molecule has 0 bridgehead atoms. The highest BCUT2D eigenvalue weighted by Crippen LogP contribution is 2.12. The summed E-state index contributed by atoms with van der Waals surface area (Å²) in [6.45, 7) is 6.19. The number of methoxy groups -OCH3 is 2. The molecule has 0 unspecified atom stereocenters. The Labute approximate surface area is 109 Å². The number of amides is 1. The molecule has 1 N–H and O–H groups in total. The number of carbonyl (C=O) groups excluding carboxylic acids is 1. The number of nitrogens with one attached hydrogen (secondary N) is 1. The lowest BCUT2D eigenvalue weighted by molar-refractivity contribution is -0.128. The van der Waals surface area contributed by atoms with Crippen LogP contribution in [0.25, 0.3) is 0 Å². The fraction of sp³-hybridized carbons (Fsp3) is 0.769. The molecule has 1 aliphatic heterocycles. The summed E-state index contributed by atoms with van der Waals surface area (Å²) in [5.41, 5.74) is 2.09. The molecule has 0 aromatic heterocycles. The van der Waals surface area contributed by atoms with E-state index in [-0.39, 0.29) is 5.91 Å². The Kier molecular flexibility index (Phi) is 6.93. The molecule has 0 spiro atoms. The minimum atomic E-state index is 0.125. The summed E-state index contributed by atoms with van der Waals surface area (Å²) >= 11 is 0. The number of nitrogens with zero attached hydrogens (tertiary/aromatic N) is 1. The largest absolute Gasteiger partial charge is 0.385 e. The second-order valence-corrected chi connectivity index (χ2v) is 4.46. The van der Waals surface area contributed by atoms with Crippen LogP contribution in [0.2, 0.25) is 0 Å². The lowest BCUT2D eigenvalue weighted by Crippen LogP contribution is -2.40. The molecule has 1 aliphatic rings. The average Bonchev–Trinajstić information content (AvgIpc) is 2.30. The Balaban J connectivity index is 2.53. The predicted octanol–water partition coefficient (Wildman–Crippen LogP) is 0.418. The quantitative estimate of drug-likeness (QED) is 0.505. The average molecular weight is 256 g/mol. The van der Waals surface area contributed by atoms with Crippen molar-refractivity contribution in [2.75, 3.05) is 53.6 Å². The minimum absolute atomic E-state index is 0.125. The Morgan fingerprint density at radius 2 is 1.89 bits per heavy atom. The van der Waals surface area contributed by atoms with E-state index < -0.39 is 0 Å². The molecule has 0 aromatic carbocycles. The number of hydrogen-bond donors (Lipinski definition) is 1. The molecule has 5 heteroatoms. The van der Waals surface area contributed by atoms with E-state index in [1.54, 1.807) is 14.2 Å². The van der Waals surface area contributed by atoms with Crippen LogP contribution in [0, 0.1) is 0 Å². The number of carbonyl (C=O) groups is 1. The molecule has 1 fully saturated rings. The molecule has 1 amide bonds. The topological polar surface area (TPSA) is 50.8 Å². The number of rotatable bonds is 8. The van der Waals surface area contributed by atoms with Crippen molar-refractivity contribution in [3.05, 3.63) is 11.1 Å². The van der Waals surface area contributed by atoms with Crippen LogP contribution >= 0.6 is 0 Å². The Bertz CT molecular complexity index is 297. The van der Waals surface area contributed by atoms with Crippen molar-refractivity contribution < 1.29 is 14.3 Å². The van der Waals surface area contributed by atoms with Crippen LogP contribution in [0.1, 0.15) is 13.3 Å². The van der Waals surface area contributed by atoms with Crippen LogP contribution in [0.4, 0.5) is 0 Å². The summed E-state index contributed by atoms with van der Waals surface area (Å²) in [4.78, 5) is 14.2. The van der Waals surface area contributed by atoms with Crippen LogP contribution in [0.5, 0.6) is 0 Å². The van der Waals surface area contributed by atoms with Crippen LogP contribution in [-0.2, 0) is 14.3 Å². The smallest absolute Gasteiger partial charge is 0.249 e. The van der Waals surface area contributed by atoms with Gasteiger partial charge < -0.3 is 19.7 Å². The van der Waals surface area contributed by atoms with Gasteiger partial charge in [-0.25, -0.2) is 0 Å². The molecule has 1 heterocycles. The van der Waals surface area contributed by atoms with Crippen molar-refractivity contribution in [2.45, 2.75) is 13.3 Å². The van der Waals surface area contributed by atoms with Crippen LogP contribution in [0.15, 0.2) is 11.1 Å². The fourth-order valence-electron chi connectivity index (χ4n) is 1.82. The summed E-state index contributed by atoms with van der Waals surface area (Å²) < 4.78 is 10.1. The Morgan fingerprint density at radius 1 is 1.22 bits per heavy atom. The van der Waals surface area contributed by atoms with Gasteiger partial charge in [-0.05, 0) is 18.9 Å². The molecule has 0 atom stereocenters. The molecule has 18 heavy (non-hydrogen) atoms. The van der Waals surface area contributed by atoms with Gasteiger partial charge in [0, 0.05) is 52.6 Å². The zero-order chi connectivity index (χ0) is 13.4. The van der Waals surface area contributed by atoms with Crippen LogP contribution in [-0.4, -0.2) is 64.4 Å². The zero-order valence-corrected chi connectivity index (χ0v) is 11.6. The molecule has 0 saturated carbocycles. The summed E-state index contributed by atoms with van der Waals surface area (Å²) in [6.07, 6.45) is 0.854. The maximum Gasteiger partial charge on any atom is 0.249 e. The first-order valence-corrected chi connectivity index (χ1v) is 6.37. The summed E-state index contributed by atoms with van der Waals surface area (Å²) in [6, 6.07) is 0. The molecular formula is C13H24N2O3. The summed E-state index contributed by atoms with van der Waals surface area (Å²) in [7, 11) is 3.33. The van der Waals surface area contributed by atoms with Crippen molar-refractivity contribution in [3.8, 4) is 0 Å². The van der Waals surface area contributed by atoms with E-state index in [9.17, 15) is 4.79 Å². The molecule has 0 aromatic rings. The van der Waals surface area contributed by atoms with Crippen LogP contribution in [0.3, 0.4) is 0 Å². The molecule has 1 rings (SSSR count). The second-order valence-electron chi connectivity index (χ2n) is 4.46. The predicted molar refractivity (Wildman–Crippen MR) is 70.5 cm³/mol. The van der Waals surface area contributed by atoms with Crippen molar-refractivity contribution in [1.29, 1.82) is 0 Å². The first kappa shape index (κ1) is 15.1. The first-order chi connectivity index (χ1) is 8.70. The summed E-state index contributed by atoms with van der Waals surface area (Å²) in [5.74, 6) is 0.125. The second kappa shape index (κ2) is 8.24. The maximum absolute atomic E-state index is 12.3. The van der Waals surface area contributed by atoms with E-state index in [0.717, 1.165) is 25.1 Å². The van der Waals surface area contributed by atoms with Gasteiger partial charge in [0.05, 0.1) is 6.61 Å². The van der Waals surface area contributed by atoms with Crippen molar-refractivity contribution in [2.24, 2.45) is 0 Å². The first-order valence-electron chi connectivity index (χ1n) is 6.37. The van der Waals surface area contributed by atoms with E-state index >= 15 is 0 Å². The number of hydrogen-bond acceptors (Lipinski definition) is 4. The van der Waals surface area contributed by atoms with Gasteiger partial charge in [-0.3, -0.25) is 4.79 Å². The van der Waals surface area contributed by atoms with E-state index in [4.69, 9.17) is 9.47 Å². The van der Waals surface area contributed by atoms with Gasteiger partial charge in [0.25, 0.3) is 0 Å². The van der Waals surface area contributed by atoms with Crippen molar-refractivity contribution in [1.82, 2.24) is 10.2 Å². The standard InChI is InChI=1S/C13H24N2O3/c1-11(12-9-14-10-12)13(16)15(6-8-18-3)5-4-7-17-2/h14H,4-10H2,1-3H3. The van der Waals surface area contributed by atoms with Crippen LogP contribution < -0.4 is 5.32 Å². The van der Waals surface area contributed by atoms with E-state index in [0.29, 0.717) is 26.3 Å². The molecule has 104 valence electrons. The van der Waals surface area contributed by atoms with Gasteiger partial charge >= 0.3 is 0 Å². The minimum Gasteiger partial charge on any atom is -0.385 e. The van der Waals surface area contributed by atoms with Gasteiger partial charge in [-0.1, -0.05) is 0 Å². The summed E-state index contributed by atoms with van der Waals surface area (Å²) in [5, 5.41) is 3.16. The van der Waals surface area contributed by atoms with Crippen molar-refractivity contribution in [3.63, 3.8) is 0 Å². The number of ether oxygens (including phenoxy) is 2. The van der Waals surface area contributed by atoms with Gasteiger partial charge in [-0.2, -0.15) is 0 Å². The van der Waals surface area contributed by atoms with Gasteiger partial charge in [0.1, 0.15) is 0 Å². The molecule has 0 aliphatic carbocycles. The molecule has 0 radical (unpaired) electrons. The zero-order valence-electron chi connectivity index (χ0n) is 11.6. The molecular weight excluding hydrogens is 232 g/mol. The Hall–Kier alpha value is -0.910. The highest BCUT2D eigenvalue weighted by atomic mass is 16.5. The third-order valence-electron chi connectivity index (χ3n) is 3.16.